The van der Waals surface area contributed by atoms with Crippen molar-refractivity contribution >= 4 is 14.5 Å². The lowest BCUT2D eigenvalue weighted by Gasteiger charge is -2.69. The van der Waals surface area contributed by atoms with E-state index in [0.717, 1.165) is 6.42 Å². The molecule has 0 spiro atoms. The highest BCUT2D eigenvalue weighted by Gasteiger charge is 2.73. The minimum absolute atomic E-state index is 0.0597. The number of aliphatic hydroxyl groups is 1. The van der Waals surface area contributed by atoms with Crippen LogP contribution in [0.1, 0.15) is 109 Å². The molecule has 10 nitrogen and oxygen atoms in total. The molecule has 11 heteroatoms. The van der Waals surface area contributed by atoms with E-state index in [4.69, 9.17) is 22.7 Å². The van der Waals surface area contributed by atoms with E-state index >= 15 is 0 Å². The quantitative estimate of drug-likeness (QED) is 0.209. The molecular weight excluding hydrogens is 677 g/mol. The average molecular weight is 727 g/mol. The third-order valence-electron chi connectivity index (χ3n) is 12.9. The molecule has 0 amide bonds. The molecule has 3 unspecified atom stereocenters. The third kappa shape index (κ3) is 5.31. The zero-order valence-corrected chi connectivity index (χ0v) is 32.6. The molecule has 52 heavy (non-hydrogen) atoms. The Bertz CT molecular complexity index is 1960. The second-order valence-electron chi connectivity index (χ2n) is 18.1. The summed E-state index contributed by atoms with van der Waals surface area (Å²) in [5.74, 6) is -0.926. The zero-order chi connectivity index (χ0) is 37.6. The van der Waals surface area contributed by atoms with Crippen molar-refractivity contribution in [3.63, 3.8) is 0 Å². The number of pyridine rings is 1. The molecule has 1 aromatic carbocycles. The first-order valence-corrected chi connectivity index (χ1v) is 20.1. The Morgan fingerprint density at radius 1 is 1.06 bits per heavy atom. The van der Waals surface area contributed by atoms with Crippen LogP contribution in [0, 0.1) is 34.0 Å². The highest BCUT2D eigenvalue weighted by atomic mass is 28.4. The predicted octanol–water partition coefficient (Wildman–Crippen LogP) is 7.88. The van der Waals surface area contributed by atoms with Crippen molar-refractivity contribution in [2.45, 2.75) is 116 Å². The van der Waals surface area contributed by atoms with Crippen molar-refractivity contribution in [1.29, 1.82) is 5.26 Å². The van der Waals surface area contributed by atoms with Crippen molar-refractivity contribution < 1.29 is 32.6 Å². The number of hydrogen-bond acceptors (Lipinski definition) is 10. The molecule has 2 saturated carbocycles. The van der Waals surface area contributed by atoms with E-state index in [9.17, 15) is 20.0 Å². The number of nitrogens with zero attached hydrogens (tertiary/aromatic N) is 2. The van der Waals surface area contributed by atoms with Crippen molar-refractivity contribution in [2.75, 3.05) is 6.61 Å². The topological polar surface area (TPSA) is 141 Å². The van der Waals surface area contributed by atoms with Gasteiger partial charge in [0, 0.05) is 52.0 Å². The van der Waals surface area contributed by atoms with E-state index in [1.165, 1.54) is 0 Å². The van der Waals surface area contributed by atoms with Gasteiger partial charge in [0.1, 0.15) is 28.8 Å². The van der Waals surface area contributed by atoms with Gasteiger partial charge in [0.2, 0.25) is 0 Å². The first kappa shape index (κ1) is 36.5. The Hall–Kier alpha value is -3.82. The van der Waals surface area contributed by atoms with Crippen LogP contribution in [0.25, 0.3) is 11.3 Å². The summed E-state index contributed by atoms with van der Waals surface area (Å²) in [6.45, 7) is 20.0. The zero-order valence-electron chi connectivity index (χ0n) is 31.6. The van der Waals surface area contributed by atoms with Crippen LogP contribution in [0.4, 0.5) is 0 Å². The van der Waals surface area contributed by atoms with E-state index in [0.29, 0.717) is 36.1 Å². The Morgan fingerprint density at radius 2 is 1.75 bits per heavy atom. The van der Waals surface area contributed by atoms with E-state index in [2.05, 4.69) is 66.4 Å². The number of benzene rings is 1. The number of aromatic nitrogens is 1. The first-order chi connectivity index (χ1) is 24.3. The lowest BCUT2D eigenvalue weighted by Crippen LogP contribution is -2.74. The first-order valence-electron chi connectivity index (χ1n) is 18.3. The van der Waals surface area contributed by atoms with Gasteiger partial charge in [0.25, 0.3) is 0 Å². The molecule has 2 aliphatic heterocycles. The third-order valence-corrected chi connectivity index (χ3v) is 18.0. The largest absolute Gasteiger partial charge is 0.482 e. The van der Waals surface area contributed by atoms with Crippen LogP contribution in [-0.2, 0) is 13.6 Å². The molecule has 4 aliphatic rings. The number of esters is 1. The summed E-state index contributed by atoms with van der Waals surface area (Å²) in [6.07, 6.45) is 2.85. The molecular formula is C41H50N2O8Si. The summed E-state index contributed by atoms with van der Waals surface area (Å²) in [5, 5.41) is 21.4. The molecule has 2 aliphatic carbocycles. The van der Waals surface area contributed by atoms with Gasteiger partial charge in [-0.1, -0.05) is 55.4 Å². The lowest BCUT2D eigenvalue weighted by molar-refractivity contribution is -0.270. The van der Waals surface area contributed by atoms with Gasteiger partial charge in [-0.05, 0) is 73.9 Å². The van der Waals surface area contributed by atoms with Crippen molar-refractivity contribution in [3.8, 4) is 23.1 Å². The number of rotatable bonds is 3. The van der Waals surface area contributed by atoms with Gasteiger partial charge in [-0.15, -0.1) is 0 Å². The van der Waals surface area contributed by atoms with Gasteiger partial charge in [0.15, 0.2) is 0 Å². The maximum absolute atomic E-state index is 13.9. The molecule has 8 atom stereocenters. The van der Waals surface area contributed by atoms with E-state index in [-0.39, 0.29) is 39.2 Å². The minimum Gasteiger partial charge on any atom is -0.482 e. The summed E-state index contributed by atoms with van der Waals surface area (Å²) in [6, 6.07) is 13.6. The van der Waals surface area contributed by atoms with Crippen molar-refractivity contribution in [3.05, 3.63) is 82.0 Å². The van der Waals surface area contributed by atoms with Crippen molar-refractivity contribution in [1.82, 2.24) is 4.98 Å². The molecule has 3 aromatic rings. The fourth-order valence-corrected chi connectivity index (χ4v) is 15.9. The van der Waals surface area contributed by atoms with Crippen LogP contribution in [0.2, 0.25) is 10.1 Å². The van der Waals surface area contributed by atoms with Gasteiger partial charge in [-0.25, -0.2) is 9.59 Å². The number of ether oxygens (including phenoxy) is 2. The SMILES string of the molecule is CC12CO[Si](C(C)(C)C)(C(C)(C)C)O[C@H]1CC[C@@]1(C)C2C[C@H](OC(=O)c2ccc(C#N)cc2)[C@@]2(C)Oc3cc(-c4cccnc4)oc(=O)c3[C@H](O)C12. The number of carbonyl (C=O) groups is 1. The van der Waals surface area contributed by atoms with Crippen LogP contribution in [0.15, 0.2) is 64.1 Å². The van der Waals surface area contributed by atoms with Crippen LogP contribution >= 0.6 is 0 Å². The summed E-state index contributed by atoms with van der Waals surface area (Å²) in [7, 11) is -2.81. The predicted molar refractivity (Wildman–Crippen MR) is 196 cm³/mol. The fraction of sp³-hybridized carbons (Fsp3) is 0.561. The normalized spacial score (nSPS) is 33.6. The second kappa shape index (κ2) is 12.1. The molecule has 4 heterocycles. The summed E-state index contributed by atoms with van der Waals surface area (Å²) in [4.78, 5) is 31.9. The Kier molecular flexibility index (Phi) is 8.50. The Balaban J connectivity index is 1.34. The maximum Gasteiger partial charge on any atom is 0.349 e. The molecule has 0 bridgehead atoms. The number of nitriles is 1. The number of hydrogen-bond donors (Lipinski definition) is 1. The van der Waals surface area contributed by atoms with E-state index in [1.54, 1.807) is 54.9 Å². The van der Waals surface area contributed by atoms with Crippen molar-refractivity contribution in [2.24, 2.45) is 22.7 Å². The highest BCUT2D eigenvalue weighted by Crippen LogP contribution is 2.70. The number of fused-ring (bicyclic) bond motifs is 6. The van der Waals surface area contributed by atoms with Crippen LogP contribution in [0.3, 0.4) is 0 Å². The van der Waals surface area contributed by atoms with Gasteiger partial charge < -0.3 is 27.8 Å². The summed E-state index contributed by atoms with van der Waals surface area (Å²) in [5.41, 5.74) is -1.64. The van der Waals surface area contributed by atoms with E-state index < -0.39 is 54.7 Å². The lowest BCUT2D eigenvalue weighted by atomic mass is 9.42. The second-order valence-corrected chi connectivity index (χ2v) is 22.8. The monoisotopic (exact) mass is 726 g/mol. The van der Waals surface area contributed by atoms with Crippen LogP contribution < -0.4 is 10.4 Å². The standard InChI is InChI=1S/C41H50N2O8Si/c1-37(2,3)52(38(4,5)6)47-23-40(8)29-20-31(49-35(45)25-14-12-24(21-42)13-15-25)41(9)34(39(29,7)17-16-30(40)51-52)33(44)32-28(50-41)19-27(48-36(32)46)26-11-10-18-43-22-26/h10-15,18-19,22,29-31,33-34,44H,16-17,20,23H2,1-9H3/t29?,30-,31-,33-,34?,39-,40?,41+/m0/s1. The van der Waals surface area contributed by atoms with Gasteiger partial charge in [-0.3, -0.25) is 4.98 Å². The van der Waals surface area contributed by atoms with E-state index in [1.807, 2.05) is 6.92 Å². The van der Waals surface area contributed by atoms with Gasteiger partial charge in [-0.2, -0.15) is 5.26 Å². The maximum atomic E-state index is 13.9. The number of aliphatic hydroxyl groups excluding tert-OH is 1. The minimum atomic E-state index is -2.81. The summed E-state index contributed by atoms with van der Waals surface area (Å²) < 4.78 is 33.6. The molecule has 0 radical (unpaired) electrons. The molecule has 7 rings (SSSR count). The smallest absolute Gasteiger partial charge is 0.349 e. The number of carbonyl (C=O) groups excluding carboxylic acids is 1. The molecule has 1 N–H and O–H groups in total. The Labute approximate surface area is 306 Å². The van der Waals surface area contributed by atoms with Gasteiger partial charge >= 0.3 is 20.2 Å². The fourth-order valence-electron chi connectivity index (χ4n) is 10.7. The molecule has 2 aromatic heterocycles. The summed E-state index contributed by atoms with van der Waals surface area (Å²) >= 11 is 0. The highest BCUT2D eigenvalue weighted by molar-refractivity contribution is 6.73. The van der Waals surface area contributed by atoms with Crippen LogP contribution in [-0.4, -0.2) is 49.0 Å². The Morgan fingerprint density at radius 3 is 2.37 bits per heavy atom. The van der Waals surface area contributed by atoms with Crippen LogP contribution in [0.5, 0.6) is 5.75 Å². The molecule has 1 saturated heterocycles. The van der Waals surface area contributed by atoms with Gasteiger partial charge in [0.05, 0.1) is 29.4 Å². The molecule has 3 fully saturated rings. The average Bonchev–Trinajstić information content (AvgIpc) is 3.07. The molecule has 276 valence electrons.